The maximum absolute atomic E-state index is 13.2. The van der Waals surface area contributed by atoms with Gasteiger partial charge in [-0.3, -0.25) is 0 Å². The van der Waals surface area contributed by atoms with E-state index in [4.69, 9.17) is 9.15 Å². The molecule has 5 heteroatoms. The van der Waals surface area contributed by atoms with Gasteiger partial charge in [0, 0.05) is 11.1 Å². The van der Waals surface area contributed by atoms with Crippen molar-refractivity contribution in [2.75, 3.05) is 11.6 Å². The van der Waals surface area contributed by atoms with E-state index in [2.05, 4.69) is 0 Å². The Morgan fingerprint density at radius 2 is 1.65 bits per heavy atom. The summed E-state index contributed by atoms with van der Waals surface area (Å²) >= 11 is 0. The fourth-order valence-electron chi connectivity index (χ4n) is 3.47. The Labute approximate surface area is 148 Å². The lowest BCUT2D eigenvalue weighted by molar-refractivity contribution is 0.289. The second-order valence-electron chi connectivity index (χ2n) is 6.30. The highest BCUT2D eigenvalue weighted by atomic mass is 19.1. The van der Waals surface area contributed by atoms with Crippen LogP contribution in [0.15, 0.2) is 69.9 Å². The zero-order valence-corrected chi connectivity index (χ0v) is 13.7. The minimum atomic E-state index is -0.361. The van der Waals surface area contributed by atoms with Crippen LogP contribution >= 0.6 is 0 Å². The summed E-state index contributed by atoms with van der Waals surface area (Å²) in [5.41, 5.74) is 1.84. The quantitative estimate of drug-likeness (QED) is 0.377. The van der Waals surface area contributed by atoms with Gasteiger partial charge in [-0.25, -0.2) is 9.18 Å². The van der Waals surface area contributed by atoms with Crippen LogP contribution in [0, 0.1) is 5.82 Å². The fourth-order valence-corrected chi connectivity index (χ4v) is 3.47. The topological polar surface area (TPSA) is 42.7 Å². The summed E-state index contributed by atoms with van der Waals surface area (Å²) in [6.45, 7) is 0.863. The average molecular weight is 347 g/mol. The van der Waals surface area contributed by atoms with E-state index in [9.17, 15) is 9.18 Å². The van der Waals surface area contributed by atoms with Crippen LogP contribution in [0.3, 0.4) is 0 Å². The van der Waals surface area contributed by atoms with Gasteiger partial charge in [0.05, 0.1) is 17.5 Å². The minimum Gasteiger partial charge on any atom is -0.473 e. The summed E-state index contributed by atoms with van der Waals surface area (Å²) in [4.78, 5) is 14.4. The van der Waals surface area contributed by atoms with Crippen molar-refractivity contribution in [1.29, 1.82) is 0 Å². The number of nitrogens with zero attached hydrogens (tertiary/aromatic N) is 1. The first-order chi connectivity index (χ1) is 12.7. The molecule has 2 heterocycles. The van der Waals surface area contributed by atoms with Gasteiger partial charge in [-0.1, -0.05) is 18.2 Å². The van der Waals surface area contributed by atoms with E-state index < -0.39 is 0 Å². The molecule has 1 aliphatic rings. The first-order valence-corrected chi connectivity index (χ1v) is 8.31. The van der Waals surface area contributed by atoms with Crippen LogP contribution in [0.5, 0.6) is 5.75 Å². The van der Waals surface area contributed by atoms with Crippen LogP contribution in [-0.4, -0.2) is 6.73 Å². The molecule has 0 unspecified atom stereocenters. The summed E-state index contributed by atoms with van der Waals surface area (Å²) in [5.74, 6) is 0.421. The number of halogens is 1. The highest BCUT2D eigenvalue weighted by Gasteiger charge is 2.22. The van der Waals surface area contributed by atoms with Crippen LogP contribution in [0.25, 0.3) is 21.7 Å². The largest absolute Gasteiger partial charge is 0.473 e. The molecule has 0 saturated carbocycles. The van der Waals surface area contributed by atoms with E-state index in [0.717, 1.165) is 22.0 Å². The molecule has 0 radical (unpaired) electrons. The van der Waals surface area contributed by atoms with Gasteiger partial charge in [0.15, 0.2) is 6.73 Å². The lowest BCUT2D eigenvalue weighted by Crippen LogP contribution is -2.32. The standard InChI is InChI=1S/C21H14FNO3/c22-13-5-7-14(8-6-13)23-11-18-19(25-12-23)10-9-16-15-3-1-2-4-17(15)21(24)26-20(16)18/h1-10H,11-12H2. The molecule has 4 nitrogen and oxygen atoms in total. The molecule has 1 aromatic heterocycles. The number of hydrogen-bond acceptors (Lipinski definition) is 4. The van der Waals surface area contributed by atoms with Crippen LogP contribution < -0.4 is 15.3 Å². The van der Waals surface area contributed by atoms with Crippen molar-refractivity contribution in [1.82, 2.24) is 0 Å². The van der Waals surface area contributed by atoms with Crippen molar-refractivity contribution in [2.24, 2.45) is 0 Å². The van der Waals surface area contributed by atoms with Crippen molar-refractivity contribution < 1.29 is 13.5 Å². The summed E-state index contributed by atoms with van der Waals surface area (Å²) in [5, 5.41) is 2.30. The lowest BCUT2D eigenvalue weighted by Gasteiger charge is -2.31. The van der Waals surface area contributed by atoms with E-state index in [1.807, 2.05) is 35.2 Å². The molecule has 0 spiro atoms. The molecule has 128 valence electrons. The van der Waals surface area contributed by atoms with Gasteiger partial charge >= 0.3 is 5.63 Å². The van der Waals surface area contributed by atoms with Gasteiger partial charge in [0.1, 0.15) is 17.1 Å². The SMILES string of the molecule is O=c1oc2c3c(ccc2c2ccccc12)OCN(c1ccc(F)cc1)C3. The van der Waals surface area contributed by atoms with E-state index in [-0.39, 0.29) is 11.4 Å². The number of benzene rings is 3. The maximum Gasteiger partial charge on any atom is 0.344 e. The van der Waals surface area contributed by atoms with E-state index >= 15 is 0 Å². The van der Waals surface area contributed by atoms with Gasteiger partial charge in [-0.05, 0) is 47.9 Å². The predicted octanol–water partition coefficient (Wildman–Crippen LogP) is 4.44. The summed E-state index contributed by atoms with van der Waals surface area (Å²) < 4.78 is 24.7. The van der Waals surface area contributed by atoms with Crippen LogP contribution in [0.2, 0.25) is 0 Å². The lowest BCUT2D eigenvalue weighted by atomic mass is 10.0. The van der Waals surface area contributed by atoms with Crippen molar-refractivity contribution in [3.05, 3.63) is 82.5 Å². The maximum atomic E-state index is 13.2. The summed E-state index contributed by atoms with van der Waals surface area (Å²) in [7, 11) is 0. The zero-order valence-electron chi connectivity index (χ0n) is 13.7. The van der Waals surface area contributed by atoms with Gasteiger partial charge in [-0.15, -0.1) is 0 Å². The third-order valence-corrected chi connectivity index (χ3v) is 4.77. The molecule has 0 aliphatic carbocycles. The zero-order chi connectivity index (χ0) is 17.7. The molecule has 0 bridgehead atoms. The van der Waals surface area contributed by atoms with Gasteiger partial charge in [-0.2, -0.15) is 0 Å². The Hall–Kier alpha value is -3.34. The fraction of sp³-hybridized carbons (Fsp3) is 0.0952. The Morgan fingerprint density at radius 3 is 2.46 bits per heavy atom. The highest BCUT2D eigenvalue weighted by molar-refractivity contribution is 6.05. The molecule has 1 aliphatic heterocycles. The average Bonchev–Trinajstić information content (AvgIpc) is 2.68. The summed E-state index contributed by atoms with van der Waals surface area (Å²) in [6, 6.07) is 17.5. The third kappa shape index (κ3) is 2.24. The first-order valence-electron chi connectivity index (χ1n) is 8.31. The molecule has 4 aromatic rings. The summed E-state index contributed by atoms with van der Waals surface area (Å²) in [6.07, 6.45) is 0. The van der Waals surface area contributed by atoms with Crippen molar-refractivity contribution in [3.8, 4) is 5.75 Å². The molecule has 0 saturated heterocycles. The second kappa shape index (κ2) is 5.59. The predicted molar refractivity (Wildman–Crippen MR) is 98.1 cm³/mol. The molecule has 0 N–H and O–H groups in total. The Kier molecular flexibility index (Phi) is 3.22. The van der Waals surface area contributed by atoms with Crippen molar-refractivity contribution in [3.63, 3.8) is 0 Å². The minimum absolute atomic E-state index is 0.282. The number of ether oxygens (including phenoxy) is 1. The second-order valence-corrected chi connectivity index (χ2v) is 6.30. The van der Waals surface area contributed by atoms with E-state index in [1.54, 1.807) is 18.2 Å². The Balaban J connectivity index is 1.70. The number of fused-ring (bicyclic) bond motifs is 5. The molecule has 26 heavy (non-hydrogen) atoms. The molecule has 0 amide bonds. The highest BCUT2D eigenvalue weighted by Crippen LogP contribution is 2.35. The number of anilines is 1. The number of hydrogen-bond donors (Lipinski definition) is 0. The van der Waals surface area contributed by atoms with E-state index in [0.29, 0.717) is 30.0 Å². The molecule has 0 fully saturated rings. The third-order valence-electron chi connectivity index (χ3n) is 4.77. The molecule has 0 atom stereocenters. The van der Waals surface area contributed by atoms with Gasteiger partial charge < -0.3 is 14.1 Å². The van der Waals surface area contributed by atoms with Crippen molar-refractivity contribution >= 4 is 27.4 Å². The van der Waals surface area contributed by atoms with E-state index in [1.165, 1.54) is 12.1 Å². The molecule has 5 rings (SSSR count). The number of rotatable bonds is 1. The molecular formula is C21H14FNO3. The van der Waals surface area contributed by atoms with Gasteiger partial charge in [0.2, 0.25) is 0 Å². The first kappa shape index (κ1) is 15.0. The monoisotopic (exact) mass is 347 g/mol. The van der Waals surface area contributed by atoms with Gasteiger partial charge in [0.25, 0.3) is 0 Å². The normalized spacial score (nSPS) is 13.7. The van der Waals surface area contributed by atoms with Crippen LogP contribution in [-0.2, 0) is 6.54 Å². The van der Waals surface area contributed by atoms with Crippen LogP contribution in [0.4, 0.5) is 10.1 Å². The molecular weight excluding hydrogens is 333 g/mol. The Morgan fingerprint density at radius 1 is 0.885 bits per heavy atom. The smallest absolute Gasteiger partial charge is 0.344 e. The van der Waals surface area contributed by atoms with Crippen molar-refractivity contribution in [2.45, 2.75) is 6.54 Å². The van der Waals surface area contributed by atoms with Crippen LogP contribution in [0.1, 0.15) is 5.56 Å². The Bertz CT molecular complexity index is 1200. The molecule has 3 aromatic carbocycles.